The summed E-state index contributed by atoms with van der Waals surface area (Å²) in [5.74, 6) is 0.151. The normalized spacial score (nSPS) is 17.3. The standard InChI is InChI=1S/C20H18BrClFN5O/c1-11-9-27-10-13(8-15(23)20(27)24-11)25-19-18-14(22)6-12(21)7-16(18)28(26-19)17-4-2-3-5-29-17/h6-10,17H,2-5H2,1H3,(H,25,26). The summed E-state index contributed by atoms with van der Waals surface area (Å²) in [6, 6.07) is 5.21. The molecule has 6 nitrogen and oxygen atoms in total. The first-order chi connectivity index (χ1) is 14.0. The fourth-order valence-corrected chi connectivity index (χ4v) is 4.68. The van der Waals surface area contributed by atoms with Gasteiger partial charge in [-0.05, 0) is 38.3 Å². The Morgan fingerprint density at radius 1 is 1.28 bits per heavy atom. The van der Waals surface area contributed by atoms with Crippen molar-refractivity contribution in [3.63, 3.8) is 0 Å². The van der Waals surface area contributed by atoms with E-state index in [2.05, 4.69) is 26.2 Å². The van der Waals surface area contributed by atoms with Gasteiger partial charge in [-0.15, -0.1) is 0 Å². The highest BCUT2D eigenvalue weighted by Crippen LogP contribution is 2.37. The number of fused-ring (bicyclic) bond motifs is 2. The smallest absolute Gasteiger partial charge is 0.173 e. The summed E-state index contributed by atoms with van der Waals surface area (Å²) >= 11 is 10.1. The number of pyridine rings is 1. The second-order valence-corrected chi connectivity index (χ2v) is 8.53. The lowest BCUT2D eigenvalue weighted by Crippen LogP contribution is -2.19. The maximum Gasteiger partial charge on any atom is 0.173 e. The maximum atomic E-state index is 14.5. The van der Waals surface area contributed by atoms with E-state index < -0.39 is 5.82 Å². The van der Waals surface area contributed by atoms with Gasteiger partial charge in [0.1, 0.15) is 0 Å². The van der Waals surface area contributed by atoms with E-state index in [1.807, 2.05) is 23.7 Å². The lowest BCUT2D eigenvalue weighted by Gasteiger charge is -2.23. The Kier molecular flexibility index (Phi) is 4.72. The molecule has 4 heterocycles. The highest BCUT2D eigenvalue weighted by Gasteiger charge is 2.23. The van der Waals surface area contributed by atoms with E-state index in [-0.39, 0.29) is 6.23 Å². The molecule has 29 heavy (non-hydrogen) atoms. The Morgan fingerprint density at radius 2 is 2.14 bits per heavy atom. The van der Waals surface area contributed by atoms with Crippen molar-refractivity contribution in [1.29, 1.82) is 0 Å². The fourth-order valence-electron chi connectivity index (χ4n) is 3.79. The minimum atomic E-state index is -0.406. The van der Waals surface area contributed by atoms with Crippen LogP contribution >= 0.6 is 27.5 Å². The van der Waals surface area contributed by atoms with Crippen molar-refractivity contribution in [3.8, 4) is 0 Å². The topological polar surface area (TPSA) is 56.4 Å². The predicted octanol–water partition coefficient (Wildman–Crippen LogP) is 5.99. The summed E-state index contributed by atoms with van der Waals surface area (Å²) in [6.07, 6.45) is 6.43. The highest BCUT2D eigenvalue weighted by molar-refractivity contribution is 9.10. The molecule has 1 aliphatic rings. The monoisotopic (exact) mass is 477 g/mol. The van der Waals surface area contributed by atoms with Crippen molar-refractivity contribution in [2.24, 2.45) is 0 Å². The third-order valence-electron chi connectivity index (χ3n) is 5.04. The molecule has 0 spiro atoms. The van der Waals surface area contributed by atoms with Crippen LogP contribution in [0.15, 0.2) is 35.1 Å². The molecule has 1 aromatic carbocycles. The van der Waals surface area contributed by atoms with Crippen LogP contribution in [0.4, 0.5) is 15.9 Å². The van der Waals surface area contributed by atoms with Gasteiger partial charge in [-0.25, -0.2) is 14.1 Å². The summed E-state index contributed by atoms with van der Waals surface area (Å²) < 4.78 is 24.8. The third-order valence-corrected chi connectivity index (χ3v) is 5.80. The molecule has 1 unspecified atom stereocenters. The highest BCUT2D eigenvalue weighted by atomic mass is 79.9. The van der Waals surface area contributed by atoms with E-state index in [0.717, 1.165) is 40.3 Å². The summed E-state index contributed by atoms with van der Waals surface area (Å²) in [4.78, 5) is 4.20. The van der Waals surface area contributed by atoms with Gasteiger partial charge in [0.25, 0.3) is 0 Å². The first kappa shape index (κ1) is 18.8. The second kappa shape index (κ2) is 7.27. The zero-order valence-corrected chi connectivity index (χ0v) is 18.0. The van der Waals surface area contributed by atoms with E-state index >= 15 is 0 Å². The number of benzene rings is 1. The number of hydrogen-bond donors (Lipinski definition) is 1. The minimum Gasteiger partial charge on any atom is -0.356 e. The first-order valence-corrected chi connectivity index (χ1v) is 10.6. The van der Waals surface area contributed by atoms with Crippen molar-refractivity contribution >= 4 is 55.6 Å². The third kappa shape index (κ3) is 3.39. The van der Waals surface area contributed by atoms with E-state index in [9.17, 15) is 4.39 Å². The van der Waals surface area contributed by atoms with Crippen molar-refractivity contribution in [3.05, 3.63) is 51.6 Å². The lowest BCUT2D eigenvalue weighted by molar-refractivity contribution is -0.0365. The van der Waals surface area contributed by atoms with E-state index in [1.165, 1.54) is 6.07 Å². The zero-order valence-electron chi connectivity index (χ0n) is 15.6. The Balaban J connectivity index is 1.63. The van der Waals surface area contributed by atoms with Crippen LogP contribution in [0.1, 0.15) is 31.2 Å². The molecule has 9 heteroatoms. The van der Waals surface area contributed by atoms with Crippen molar-refractivity contribution in [2.75, 3.05) is 11.9 Å². The van der Waals surface area contributed by atoms with Crippen LogP contribution < -0.4 is 5.32 Å². The Hall–Kier alpha value is -2.16. The fraction of sp³-hybridized carbons (Fsp3) is 0.300. The number of anilines is 2. The molecule has 5 rings (SSSR count). The average Bonchev–Trinajstić information content (AvgIpc) is 3.23. The van der Waals surface area contributed by atoms with E-state index in [0.29, 0.717) is 28.8 Å². The van der Waals surface area contributed by atoms with Crippen molar-refractivity contribution < 1.29 is 9.13 Å². The summed E-state index contributed by atoms with van der Waals surface area (Å²) in [5.41, 5.74) is 2.46. The zero-order chi connectivity index (χ0) is 20.1. The summed E-state index contributed by atoms with van der Waals surface area (Å²) in [5, 5.41) is 9.31. The van der Waals surface area contributed by atoms with Gasteiger partial charge < -0.3 is 14.5 Å². The van der Waals surface area contributed by atoms with Gasteiger partial charge >= 0.3 is 0 Å². The molecule has 3 aromatic heterocycles. The number of imidazole rings is 1. The summed E-state index contributed by atoms with van der Waals surface area (Å²) in [6.45, 7) is 2.54. The molecule has 1 fully saturated rings. The maximum absolute atomic E-state index is 14.5. The van der Waals surface area contributed by atoms with Crippen LogP contribution in [-0.4, -0.2) is 25.8 Å². The quantitative estimate of drug-likeness (QED) is 0.393. The number of hydrogen-bond acceptors (Lipinski definition) is 4. The molecular formula is C20H18BrClFN5O. The number of aromatic nitrogens is 4. The SMILES string of the molecule is Cc1cn2cc(Nc3nn(C4CCCCO4)c4cc(Br)cc(Cl)c34)cc(F)c2n1. The van der Waals surface area contributed by atoms with Gasteiger partial charge in [0.05, 0.1) is 27.3 Å². The van der Waals surface area contributed by atoms with Crippen molar-refractivity contribution in [2.45, 2.75) is 32.4 Å². The van der Waals surface area contributed by atoms with Crippen LogP contribution in [0.5, 0.6) is 0 Å². The minimum absolute atomic E-state index is 0.150. The predicted molar refractivity (Wildman–Crippen MR) is 114 cm³/mol. The van der Waals surface area contributed by atoms with Gasteiger partial charge in [-0.2, -0.15) is 5.10 Å². The molecule has 1 atom stereocenters. The van der Waals surface area contributed by atoms with Crippen LogP contribution in [0, 0.1) is 12.7 Å². The van der Waals surface area contributed by atoms with Gasteiger partial charge in [0.2, 0.25) is 0 Å². The molecule has 0 radical (unpaired) electrons. The number of ether oxygens (including phenoxy) is 1. The Bertz CT molecular complexity index is 1230. The second-order valence-electron chi connectivity index (χ2n) is 7.21. The van der Waals surface area contributed by atoms with Gasteiger partial charge in [-0.1, -0.05) is 27.5 Å². The van der Waals surface area contributed by atoms with Crippen molar-refractivity contribution in [1.82, 2.24) is 19.2 Å². The largest absolute Gasteiger partial charge is 0.356 e. The van der Waals surface area contributed by atoms with Crippen LogP contribution in [-0.2, 0) is 4.74 Å². The Morgan fingerprint density at radius 3 is 2.93 bits per heavy atom. The summed E-state index contributed by atoms with van der Waals surface area (Å²) in [7, 11) is 0. The average molecular weight is 479 g/mol. The molecule has 1 aliphatic heterocycles. The number of halogens is 3. The van der Waals surface area contributed by atoms with E-state index in [1.54, 1.807) is 16.8 Å². The Labute approximate surface area is 179 Å². The molecular weight excluding hydrogens is 461 g/mol. The molecule has 1 saturated heterocycles. The number of rotatable bonds is 3. The van der Waals surface area contributed by atoms with Gasteiger partial charge in [-0.3, -0.25) is 0 Å². The van der Waals surface area contributed by atoms with Gasteiger partial charge in [0.15, 0.2) is 23.5 Å². The molecule has 0 amide bonds. The van der Waals surface area contributed by atoms with Crippen LogP contribution in [0.2, 0.25) is 5.02 Å². The molecule has 1 N–H and O–H groups in total. The number of aryl methyl sites for hydroxylation is 1. The number of nitrogens with zero attached hydrogens (tertiary/aromatic N) is 4. The molecule has 0 aliphatic carbocycles. The van der Waals surface area contributed by atoms with Crippen LogP contribution in [0.25, 0.3) is 16.6 Å². The van der Waals surface area contributed by atoms with Crippen LogP contribution in [0.3, 0.4) is 0 Å². The molecule has 0 saturated carbocycles. The van der Waals surface area contributed by atoms with Gasteiger partial charge in [0, 0.05) is 29.5 Å². The number of nitrogens with one attached hydrogen (secondary N) is 1. The van der Waals surface area contributed by atoms with E-state index in [4.69, 9.17) is 21.4 Å². The molecule has 150 valence electrons. The molecule has 4 aromatic rings. The molecule has 0 bridgehead atoms. The lowest BCUT2D eigenvalue weighted by atomic mass is 10.2. The first-order valence-electron chi connectivity index (χ1n) is 9.40.